The van der Waals surface area contributed by atoms with E-state index >= 15 is 0 Å². The van der Waals surface area contributed by atoms with E-state index in [2.05, 4.69) is 29.8 Å². The number of hydrogen-bond acceptors (Lipinski definition) is 3. The molecule has 110 valence electrons. The van der Waals surface area contributed by atoms with Gasteiger partial charge in [0.25, 0.3) is 0 Å². The number of rotatable bonds is 5. The topological polar surface area (TPSA) is 52.4 Å². The fourth-order valence-electron chi connectivity index (χ4n) is 2.04. The summed E-state index contributed by atoms with van der Waals surface area (Å²) in [5.41, 5.74) is 1.00. The fourth-order valence-corrected chi connectivity index (χ4v) is 2.39. The van der Waals surface area contributed by atoms with Gasteiger partial charge in [-0.15, -0.1) is 0 Å². The minimum Gasteiger partial charge on any atom is -0.450 e. The van der Waals surface area contributed by atoms with E-state index in [0.717, 1.165) is 12.0 Å². The van der Waals surface area contributed by atoms with E-state index in [1.807, 2.05) is 24.3 Å². The standard InChI is InChI=1S/C16H16BrNO3/c1-3-11(2)13-6-4-5-7-15(13)21-16-9-8-12(17)10-14(16)18(19)20/h4-11H,3H2,1-2H3. The summed E-state index contributed by atoms with van der Waals surface area (Å²) in [7, 11) is 0. The highest BCUT2D eigenvalue weighted by Crippen LogP contribution is 2.37. The van der Waals surface area contributed by atoms with Gasteiger partial charge in [-0.2, -0.15) is 0 Å². The molecule has 1 atom stereocenters. The third-order valence-electron chi connectivity index (χ3n) is 3.40. The Balaban J connectivity index is 2.41. The van der Waals surface area contributed by atoms with Crippen LogP contribution < -0.4 is 4.74 Å². The number of nitrogens with zero attached hydrogens (tertiary/aromatic N) is 1. The van der Waals surface area contributed by atoms with Crippen molar-refractivity contribution in [1.82, 2.24) is 0 Å². The van der Waals surface area contributed by atoms with Gasteiger partial charge in [0.05, 0.1) is 4.92 Å². The van der Waals surface area contributed by atoms with Crippen LogP contribution >= 0.6 is 15.9 Å². The van der Waals surface area contributed by atoms with Gasteiger partial charge >= 0.3 is 5.69 Å². The van der Waals surface area contributed by atoms with Crippen molar-refractivity contribution < 1.29 is 9.66 Å². The highest BCUT2D eigenvalue weighted by molar-refractivity contribution is 9.10. The number of halogens is 1. The fraction of sp³-hybridized carbons (Fsp3) is 0.250. The van der Waals surface area contributed by atoms with Gasteiger partial charge in [0.15, 0.2) is 0 Å². The Morgan fingerprint density at radius 1 is 1.24 bits per heavy atom. The highest BCUT2D eigenvalue weighted by atomic mass is 79.9. The molecule has 0 aliphatic rings. The second-order valence-electron chi connectivity index (χ2n) is 4.82. The Morgan fingerprint density at radius 2 is 1.95 bits per heavy atom. The first-order valence-corrected chi connectivity index (χ1v) is 7.53. The molecular weight excluding hydrogens is 334 g/mol. The summed E-state index contributed by atoms with van der Waals surface area (Å²) in [5.74, 6) is 1.24. The summed E-state index contributed by atoms with van der Waals surface area (Å²) < 4.78 is 6.47. The number of ether oxygens (including phenoxy) is 1. The average Bonchev–Trinajstić information content (AvgIpc) is 2.48. The maximum Gasteiger partial charge on any atom is 0.312 e. The molecule has 2 rings (SSSR count). The number of nitro benzene ring substituents is 1. The molecule has 0 saturated carbocycles. The molecule has 0 N–H and O–H groups in total. The maximum atomic E-state index is 11.1. The molecule has 0 heterocycles. The smallest absolute Gasteiger partial charge is 0.312 e. The number of benzene rings is 2. The first-order chi connectivity index (χ1) is 10.0. The van der Waals surface area contributed by atoms with Crippen molar-refractivity contribution in [3.8, 4) is 11.5 Å². The van der Waals surface area contributed by atoms with Crippen LogP contribution in [0, 0.1) is 10.1 Å². The first kappa shape index (κ1) is 15.5. The van der Waals surface area contributed by atoms with Crippen LogP contribution in [0.5, 0.6) is 11.5 Å². The molecule has 0 aliphatic heterocycles. The van der Waals surface area contributed by atoms with E-state index in [9.17, 15) is 10.1 Å². The largest absolute Gasteiger partial charge is 0.450 e. The van der Waals surface area contributed by atoms with Crippen molar-refractivity contribution in [2.24, 2.45) is 0 Å². The van der Waals surface area contributed by atoms with Crippen LogP contribution in [0.1, 0.15) is 31.7 Å². The zero-order chi connectivity index (χ0) is 15.4. The molecule has 5 heteroatoms. The van der Waals surface area contributed by atoms with Crippen LogP contribution in [0.25, 0.3) is 0 Å². The average molecular weight is 350 g/mol. The van der Waals surface area contributed by atoms with Gasteiger partial charge in [-0.1, -0.05) is 48.0 Å². The van der Waals surface area contributed by atoms with Crippen LogP contribution in [0.3, 0.4) is 0 Å². The van der Waals surface area contributed by atoms with Gasteiger partial charge in [-0.05, 0) is 36.1 Å². The lowest BCUT2D eigenvalue weighted by Crippen LogP contribution is -1.98. The van der Waals surface area contributed by atoms with Gasteiger partial charge < -0.3 is 4.74 Å². The van der Waals surface area contributed by atoms with Crippen molar-refractivity contribution in [2.75, 3.05) is 0 Å². The molecule has 2 aromatic carbocycles. The number of hydrogen-bond donors (Lipinski definition) is 0. The van der Waals surface area contributed by atoms with E-state index in [0.29, 0.717) is 16.1 Å². The van der Waals surface area contributed by atoms with E-state index in [1.165, 1.54) is 6.07 Å². The second kappa shape index (κ2) is 6.72. The van der Waals surface area contributed by atoms with E-state index in [4.69, 9.17) is 4.74 Å². The quantitative estimate of drug-likeness (QED) is 0.516. The van der Waals surface area contributed by atoms with E-state index < -0.39 is 4.92 Å². The van der Waals surface area contributed by atoms with Crippen molar-refractivity contribution in [2.45, 2.75) is 26.2 Å². The Hall–Kier alpha value is -1.88. The molecule has 21 heavy (non-hydrogen) atoms. The molecule has 0 spiro atoms. The van der Waals surface area contributed by atoms with Crippen molar-refractivity contribution in [3.05, 3.63) is 62.6 Å². The molecule has 0 bridgehead atoms. The minimum absolute atomic E-state index is 0.0525. The Kier molecular flexibility index (Phi) is 4.96. The normalized spacial score (nSPS) is 12.0. The molecule has 0 saturated heterocycles. The minimum atomic E-state index is -0.439. The Morgan fingerprint density at radius 3 is 2.62 bits per heavy atom. The molecule has 1 unspecified atom stereocenters. The summed E-state index contributed by atoms with van der Waals surface area (Å²) in [6, 6.07) is 12.4. The van der Waals surface area contributed by atoms with Crippen LogP contribution in [-0.2, 0) is 0 Å². The lowest BCUT2D eigenvalue weighted by molar-refractivity contribution is -0.385. The number of para-hydroxylation sites is 1. The summed E-state index contributed by atoms with van der Waals surface area (Å²) in [6.07, 6.45) is 0.975. The van der Waals surface area contributed by atoms with Gasteiger partial charge in [0, 0.05) is 10.5 Å². The van der Waals surface area contributed by atoms with Gasteiger partial charge in [-0.3, -0.25) is 10.1 Å². The summed E-state index contributed by atoms with van der Waals surface area (Å²) in [5, 5.41) is 11.1. The third-order valence-corrected chi connectivity index (χ3v) is 3.89. The van der Waals surface area contributed by atoms with E-state index in [-0.39, 0.29) is 11.4 Å². The van der Waals surface area contributed by atoms with Crippen LogP contribution in [0.2, 0.25) is 0 Å². The summed E-state index contributed by atoms with van der Waals surface area (Å²) in [4.78, 5) is 10.7. The lowest BCUT2D eigenvalue weighted by atomic mass is 9.98. The second-order valence-corrected chi connectivity index (χ2v) is 5.73. The molecule has 0 amide bonds. The van der Waals surface area contributed by atoms with Crippen LogP contribution in [0.15, 0.2) is 46.9 Å². The van der Waals surface area contributed by atoms with Crippen molar-refractivity contribution in [3.63, 3.8) is 0 Å². The molecule has 4 nitrogen and oxygen atoms in total. The lowest BCUT2D eigenvalue weighted by Gasteiger charge is -2.15. The monoisotopic (exact) mass is 349 g/mol. The number of nitro groups is 1. The van der Waals surface area contributed by atoms with Gasteiger partial charge in [0.2, 0.25) is 5.75 Å². The molecule has 0 radical (unpaired) electrons. The zero-order valence-electron chi connectivity index (χ0n) is 11.9. The maximum absolute atomic E-state index is 11.1. The summed E-state index contributed by atoms with van der Waals surface area (Å²) in [6.45, 7) is 4.21. The molecule has 0 aliphatic carbocycles. The SMILES string of the molecule is CCC(C)c1ccccc1Oc1ccc(Br)cc1[N+](=O)[O-]. The van der Waals surface area contributed by atoms with Crippen LogP contribution in [0.4, 0.5) is 5.69 Å². The van der Waals surface area contributed by atoms with Crippen molar-refractivity contribution >= 4 is 21.6 Å². The Labute approximate surface area is 132 Å². The zero-order valence-corrected chi connectivity index (χ0v) is 13.5. The van der Waals surface area contributed by atoms with Crippen LogP contribution in [-0.4, -0.2) is 4.92 Å². The van der Waals surface area contributed by atoms with Gasteiger partial charge in [-0.25, -0.2) is 0 Å². The molecule has 0 fully saturated rings. The first-order valence-electron chi connectivity index (χ1n) is 6.73. The highest BCUT2D eigenvalue weighted by Gasteiger charge is 2.18. The van der Waals surface area contributed by atoms with Gasteiger partial charge in [0.1, 0.15) is 5.75 Å². The molecule has 0 aromatic heterocycles. The predicted octanol–water partition coefficient (Wildman–Crippen LogP) is 5.66. The summed E-state index contributed by atoms with van der Waals surface area (Å²) >= 11 is 3.24. The molecular formula is C16H16BrNO3. The third kappa shape index (κ3) is 3.61. The van der Waals surface area contributed by atoms with E-state index in [1.54, 1.807) is 12.1 Å². The van der Waals surface area contributed by atoms with Crippen molar-refractivity contribution in [1.29, 1.82) is 0 Å². The predicted molar refractivity (Wildman–Crippen MR) is 86.0 cm³/mol. The Bertz CT molecular complexity index is 658. The molecule has 2 aromatic rings.